The van der Waals surface area contributed by atoms with Gasteiger partial charge in [0.05, 0.1) is 18.0 Å². The van der Waals surface area contributed by atoms with Crippen LogP contribution < -0.4 is 4.72 Å². The van der Waals surface area contributed by atoms with Crippen molar-refractivity contribution in [3.63, 3.8) is 0 Å². The summed E-state index contributed by atoms with van der Waals surface area (Å²) >= 11 is 5.76. The first-order valence-corrected chi connectivity index (χ1v) is 8.23. The number of rotatable bonds is 6. The van der Waals surface area contributed by atoms with Crippen molar-refractivity contribution in [3.05, 3.63) is 24.3 Å². The highest BCUT2D eigenvalue weighted by atomic mass is 35.5. The summed E-state index contributed by atoms with van der Waals surface area (Å²) in [5.74, 6) is 1.31. The number of fused-ring (bicyclic) bond motifs is 1. The van der Waals surface area contributed by atoms with E-state index in [-0.39, 0.29) is 0 Å². The van der Waals surface area contributed by atoms with E-state index in [1.54, 1.807) is 12.4 Å². The summed E-state index contributed by atoms with van der Waals surface area (Å²) < 4.78 is 26.6. The van der Waals surface area contributed by atoms with Gasteiger partial charge in [0, 0.05) is 31.6 Å². The number of nitrogens with one attached hydrogen (secondary N) is 1. The number of hydrogen-bond acceptors (Lipinski definition) is 4. The van der Waals surface area contributed by atoms with Crippen LogP contribution in [0.25, 0.3) is 11.0 Å². The van der Waals surface area contributed by atoms with Crippen LogP contribution >= 0.6 is 11.6 Å². The van der Waals surface area contributed by atoms with Crippen molar-refractivity contribution < 1.29 is 8.42 Å². The van der Waals surface area contributed by atoms with E-state index in [2.05, 4.69) is 14.7 Å². The Bertz CT molecular complexity index is 668. The molecule has 104 valence electrons. The number of sulfonamides is 1. The molecule has 0 radical (unpaired) electrons. The molecule has 0 atom stereocenters. The molecule has 19 heavy (non-hydrogen) atoms. The quantitative estimate of drug-likeness (QED) is 0.799. The molecule has 8 heteroatoms. The molecule has 2 rings (SSSR count). The van der Waals surface area contributed by atoms with Crippen LogP contribution in [0.3, 0.4) is 0 Å². The number of alkyl halides is 1. The Balaban J connectivity index is 2.26. The maximum absolute atomic E-state index is 11.1. The predicted molar refractivity (Wildman–Crippen MR) is 74.8 cm³/mol. The van der Waals surface area contributed by atoms with Gasteiger partial charge in [0.1, 0.15) is 11.3 Å². The van der Waals surface area contributed by atoms with Gasteiger partial charge in [0.15, 0.2) is 0 Å². The average Bonchev–Trinajstić information content (AvgIpc) is 2.67. The van der Waals surface area contributed by atoms with Gasteiger partial charge in [-0.05, 0) is 6.07 Å². The summed E-state index contributed by atoms with van der Waals surface area (Å²) in [6.45, 7) is 0.835. The van der Waals surface area contributed by atoms with Crippen molar-refractivity contribution in [3.8, 4) is 0 Å². The maximum atomic E-state index is 11.1. The lowest BCUT2D eigenvalue weighted by molar-refractivity contribution is 0.577. The number of aromatic nitrogens is 3. The van der Waals surface area contributed by atoms with Crippen molar-refractivity contribution in [2.75, 3.05) is 18.7 Å². The number of hydrogen-bond donors (Lipinski definition) is 1. The van der Waals surface area contributed by atoms with Gasteiger partial charge in [0.2, 0.25) is 10.0 Å². The molecule has 0 saturated carbocycles. The molecule has 2 aromatic rings. The fraction of sp³-hybridized carbons (Fsp3) is 0.455. The molecule has 0 aliphatic carbocycles. The highest BCUT2D eigenvalue weighted by Crippen LogP contribution is 2.15. The van der Waals surface area contributed by atoms with E-state index in [0.29, 0.717) is 25.4 Å². The molecule has 6 nitrogen and oxygen atoms in total. The van der Waals surface area contributed by atoms with Crippen LogP contribution in [0.4, 0.5) is 0 Å². The second kappa shape index (κ2) is 5.85. The Morgan fingerprint density at radius 2 is 2.26 bits per heavy atom. The standard InChI is InChI=1S/C11H15ClN4O2S/c1-19(17,18)14-6-7-16-10-3-5-13-8-9(10)15-11(16)2-4-12/h3,5,8,14H,2,4,6-7H2,1H3. The third-order valence-corrected chi connectivity index (χ3v) is 3.56. The van der Waals surface area contributed by atoms with Gasteiger partial charge in [-0.15, -0.1) is 11.6 Å². The molecule has 0 saturated heterocycles. The zero-order chi connectivity index (χ0) is 13.9. The van der Waals surface area contributed by atoms with Gasteiger partial charge in [-0.2, -0.15) is 0 Å². The zero-order valence-electron chi connectivity index (χ0n) is 10.5. The maximum Gasteiger partial charge on any atom is 0.208 e. The molecule has 0 amide bonds. The molecule has 0 aliphatic rings. The van der Waals surface area contributed by atoms with Crippen molar-refractivity contribution in [1.82, 2.24) is 19.3 Å². The highest BCUT2D eigenvalue weighted by Gasteiger charge is 2.10. The lowest BCUT2D eigenvalue weighted by Gasteiger charge is -2.08. The van der Waals surface area contributed by atoms with Crippen LogP contribution in [-0.2, 0) is 23.0 Å². The molecule has 0 bridgehead atoms. The van der Waals surface area contributed by atoms with E-state index in [0.717, 1.165) is 23.1 Å². The lowest BCUT2D eigenvalue weighted by atomic mass is 10.4. The Kier molecular flexibility index (Phi) is 4.38. The molecule has 0 spiro atoms. The number of pyridine rings is 1. The summed E-state index contributed by atoms with van der Waals surface area (Å²) in [7, 11) is -3.18. The average molecular weight is 303 g/mol. The van der Waals surface area contributed by atoms with E-state index in [1.165, 1.54) is 0 Å². The molecule has 2 aromatic heterocycles. The molecule has 1 N–H and O–H groups in total. The summed E-state index contributed by atoms with van der Waals surface area (Å²) in [6.07, 6.45) is 5.15. The lowest BCUT2D eigenvalue weighted by Crippen LogP contribution is -2.26. The normalized spacial score (nSPS) is 12.1. The topological polar surface area (TPSA) is 76.9 Å². The molecule has 2 heterocycles. The monoisotopic (exact) mass is 302 g/mol. The van der Waals surface area contributed by atoms with Crippen molar-refractivity contribution in [2.45, 2.75) is 13.0 Å². The van der Waals surface area contributed by atoms with Crippen LogP contribution in [0, 0.1) is 0 Å². The first-order chi connectivity index (χ1) is 9.01. The third-order valence-electron chi connectivity index (χ3n) is 2.65. The van der Waals surface area contributed by atoms with E-state index in [9.17, 15) is 8.42 Å². The summed E-state index contributed by atoms with van der Waals surface area (Å²) in [4.78, 5) is 8.48. The Hall–Kier alpha value is -1.18. The largest absolute Gasteiger partial charge is 0.327 e. The first-order valence-electron chi connectivity index (χ1n) is 5.81. The second-order valence-electron chi connectivity index (χ2n) is 4.15. The first kappa shape index (κ1) is 14.2. The molecule has 0 aromatic carbocycles. The van der Waals surface area contributed by atoms with Gasteiger partial charge in [-0.3, -0.25) is 4.98 Å². The van der Waals surface area contributed by atoms with Crippen LogP contribution in [0.2, 0.25) is 0 Å². The number of nitrogens with zero attached hydrogens (tertiary/aromatic N) is 3. The Morgan fingerprint density at radius 1 is 1.47 bits per heavy atom. The van der Waals surface area contributed by atoms with Gasteiger partial charge in [-0.1, -0.05) is 0 Å². The van der Waals surface area contributed by atoms with Crippen LogP contribution in [-0.4, -0.2) is 41.6 Å². The molecule has 0 fully saturated rings. The van der Waals surface area contributed by atoms with Crippen molar-refractivity contribution >= 4 is 32.7 Å². The number of imidazole rings is 1. The smallest absolute Gasteiger partial charge is 0.208 e. The van der Waals surface area contributed by atoms with Crippen LogP contribution in [0.1, 0.15) is 5.82 Å². The van der Waals surface area contributed by atoms with Gasteiger partial charge < -0.3 is 4.57 Å². The highest BCUT2D eigenvalue weighted by molar-refractivity contribution is 7.88. The van der Waals surface area contributed by atoms with E-state index < -0.39 is 10.0 Å². The summed E-state index contributed by atoms with van der Waals surface area (Å²) in [6, 6.07) is 1.86. The third kappa shape index (κ3) is 3.65. The van der Waals surface area contributed by atoms with Crippen LogP contribution in [0.15, 0.2) is 18.5 Å². The minimum Gasteiger partial charge on any atom is -0.327 e. The minimum atomic E-state index is -3.18. The van der Waals surface area contributed by atoms with Gasteiger partial charge in [0.25, 0.3) is 0 Å². The van der Waals surface area contributed by atoms with E-state index >= 15 is 0 Å². The molecule has 0 unspecified atom stereocenters. The number of aryl methyl sites for hydroxylation is 1. The summed E-state index contributed by atoms with van der Waals surface area (Å²) in [5, 5.41) is 0. The minimum absolute atomic E-state index is 0.321. The van der Waals surface area contributed by atoms with E-state index in [1.807, 2.05) is 10.6 Å². The fourth-order valence-corrected chi connectivity index (χ4v) is 2.53. The SMILES string of the molecule is CS(=O)(=O)NCCn1c(CCCl)nc2cnccc21. The van der Waals surface area contributed by atoms with Gasteiger partial charge in [-0.25, -0.2) is 18.1 Å². The van der Waals surface area contributed by atoms with E-state index in [4.69, 9.17) is 11.6 Å². The Labute approximate surface area is 116 Å². The molecular weight excluding hydrogens is 288 g/mol. The second-order valence-corrected chi connectivity index (χ2v) is 6.36. The van der Waals surface area contributed by atoms with Crippen LogP contribution in [0.5, 0.6) is 0 Å². The molecule has 0 aliphatic heterocycles. The zero-order valence-corrected chi connectivity index (χ0v) is 12.1. The van der Waals surface area contributed by atoms with Crippen molar-refractivity contribution in [2.24, 2.45) is 0 Å². The number of halogens is 1. The summed E-state index contributed by atoms with van der Waals surface area (Å²) in [5.41, 5.74) is 1.73. The fourth-order valence-electron chi connectivity index (χ4n) is 1.90. The van der Waals surface area contributed by atoms with Crippen molar-refractivity contribution in [1.29, 1.82) is 0 Å². The Morgan fingerprint density at radius 3 is 2.95 bits per heavy atom. The predicted octanol–water partition coefficient (Wildman–Crippen LogP) is 0.762. The molecular formula is C11H15ClN4O2S. The van der Waals surface area contributed by atoms with Gasteiger partial charge >= 0.3 is 0 Å².